The van der Waals surface area contributed by atoms with Crippen molar-refractivity contribution < 1.29 is 19.5 Å². The summed E-state index contributed by atoms with van der Waals surface area (Å²) >= 11 is 0. The Balaban J connectivity index is 4.92. The van der Waals surface area contributed by atoms with Gasteiger partial charge in [-0.15, -0.1) is 0 Å². The van der Waals surface area contributed by atoms with Crippen LogP contribution < -0.4 is 16.4 Å². The summed E-state index contributed by atoms with van der Waals surface area (Å²) in [6, 6.07) is -1.43. The van der Waals surface area contributed by atoms with Gasteiger partial charge in [-0.1, -0.05) is 13.8 Å². The van der Waals surface area contributed by atoms with Gasteiger partial charge in [-0.2, -0.15) is 0 Å². The molecule has 116 valence electrons. The number of carboxylic acids is 1. The van der Waals surface area contributed by atoms with E-state index in [1.54, 1.807) is 27.7 Å². The summed E-state index contributed by atoms with van der Waals surface area (Å²) in [6.07, 6.45) is 0. The maximum Gasteiger partial charge on any atom is 0.315 e. The molecule has 0 aromatic heterocycles. The summed E-state index contributed by atoms with van der Waals surface area (Å²) in [5, 5.41) is 14.2. The van der Waals surface area contributed by atoms with Gasteiger partial charge in [0.25, 0.3) is 0 Å². The van der Waals surface area contributed by atoms with Crippen molar-refractivity contribution in [2.75, 3.05) is 0 Å². The van der Waals surface area contributed by atoms with E-state index in [1.807, 2.05) is 0 Å². The molecule has 0 bridgehead atoms. The van der Waals surface area contributed by atoms with E-state index in [0.717, 1.165) is 0 Å². The van der Waals surface area contributed by atoms with Crippen molar-refractivity contribution in [3.8, 4) is 0 Å². The Bertz CT molecular complexity index is 402. The number of urea groups is 1. The average molecular weight is 287 g/mol. The highest BCUT2D eigenvalue weighted by atomic mass is 16.4. The first-order valence-electron chi connectivity index (χ1n) is 6.44. The second kappa shape index (κ2) is 6.11. The van der Waals surface area contributed by atoms with Crippen molar-refractivity contribution in [3.05, 3.63) is 0 Å². The van der Waals surface area contributed by atoms with Crippen molar-refractivity contribution in [2.45, 2.75) is 53.1 Å². The first-order valence-corrected chi connectivity index (χ1v) is 6.44. The van der Waals surface area contributed by atoms with Crippen molar-refractivity contribution in [1.29, 1.82) is 0 Å². The normalized spacial score (nSPS) is 13.8. The van der Waals surface area contributed by atoms with Crippen LogP contribution in [-0.4, -0.2) is 34.6 Å². The average Bonchev–Trinajstić information content (AvgIpc) is 2.23. The molecule has 0 radical (unpaired) electrons. The predicted molar refractivity (Wildman–Crippen MR) is 75.0 cm³/mol. The van der Waals surface area contributed by atoms with Gasteiger partial charge in [0.05, 0.1) is 11.0 Å². The zero-order valence-electron chi connectivity index (χ0n) is 12.9. The molecule has 0 aliphatic carbocycles. The minimum absolute atomic E-state index is 0.158. The summed E-state index contributed by atoms with van der Waals surface area (Å²) in [4.78, 5) is 34.4. The van der Waals surface area contributed by atoms with E-state index < -0.39 is 34.9 Å². The standard InChI is InChI=1S/C13H25N3O4/c1-7(2)8(9(14)17)15-11(20)16-13(5,6)12(3,4)10(18)19/h7-8H,1-6H3,(H2,14,17)(H,18,19)(H2,15,16,20). The summed E-state index contributed by atoms with van der Waals surface area (Å²) in [5.74, 6) is -1.82. The minimum atomic E-state index is -1.18. The van der Waals surface area contributed by atoms with Gasteiger partial charge in [-0.05, 0) is 33.6 Å². The Labute approximate surface area is 119 Å². The molecule has 0 spiro atoms. The molecule has 20 heavy (non-hydrogen) atoms. The van der Waals surface area contributed by atoms with Crippen LogP contribution in [0.25, 0.3) is 0 Å². The van der Waals surface area contributed by atoms with Gasteiger partial charge in [-0.25, -0.2) is 4.79 Å². The number of carbonyl (C=O) groups excluding carboxylic acids is 2. The number of aliphatic carboxylic acids is 1. The number of carbonyl (C=O) groups is 3. The predicted octanol–water partition coefficient (Wildman–Crippen LogP) is 0.685. The van der Waals surface area contributed by atoms with Gasteiger partial charge in [-0.3, -0.25) is 9.59 Å². The van der Waals surface area contributed by atoms with Crippen LogP contribution in [0, 0.1) is 11.3 Å². The fraction of sp³-hybridized carbons (Fsp3) is 0.769. The molecule has 7 nitrogen and oxygen atoms in total. The Hall–Kier alpha value is -1.79. The largest absolute Gasteiger partial charge is 0.481 e. The highest BCUT2D eigenvalue weighted by molar-refractivity contribution is 5.87. The Morgan fingerprint density at radius 2 is 1.55 bits per heavy atom. The van der Waals surface area contributed by atoms with Gasteiger partial charge in [0, 0.05) is 0 Å². The highest BCUT2D eigenvalue weighted by Crippen LogP contribution is 2.30. The molecule has 0 aliphatic heterocycles. The monoisotopic (exact) mass is 287 g/mol. The fourth-order valence-corrected chi connectivity index (χ4v) is 1.45. The number of hydrogen-bond donors (Lipinski definition) is 4. The van der Waals surface area contributed by atoms with E-state index in [0.29, 0.717) is 0 Å². The van der Waals surface area contributed by atoms with Crippen LogP contribution in [-0.2, 0) is 9.59 Å². The molecule has 0 aliphatic rings. The first kappa shape index (κ1) is 18.2. The Morgan fingerprint density at radius 3 is 1.85 bits per heavy atom. The maximum atomic E-state index is 11.9. The zero-order valence-corrected chi connectivity index (χ0v) is 12.9. The Kier molecular flexibility index (Phi) is 5.56. The summed E-state index contributed by atoms with van der Waals surface area (Å²) in [7, 11) is 0. The lowest BCUT2D eigenvalue weighted by atomic mass is 9.74. The van der Waals surface area contributed by atoms with Crippen molar-refractivity contribution in [3.63, 3.8) is 0 Å². The van der Waals surface area contributed by atoms with E-state index in [-0.39, 0.29) is 5.92 Å². The molecule has 5 N–H and O–H groups in total. The van der Waals surface area contributed by atoms with Gasteiger partial charge >= 0.3 is 12.0 Å². The van der Waals surface area contributed by atoms with Crippen LogP contribution in [0.2, 0.25) is 0 Å². The number of primary amides is 1. The number of carboxylic acid groups (broad SMARTS) is 1. The lowest BCUT2D eigenvalue weighted by molar-refractivity contribution is -0.150. The third-order valence-electron chi connectivity index (χ3n) is 3.78. The first-order chi connectivity index (χ1) is 8.83. The molecule has 7 heteroatoms. The highest BCUT2D eigenvalue weighted by Gasteiger charge is 2.44. The van der Waals surface area contributed by atoms with Gasteiger partial charge in [0.1, 0.15) is 6.04 Å². The molecule has 0 heterocycles. The molecule has 0 fully saturated rings. The molecular weight excluding hydrogens is 262 g/mol. The number of hydrogen-bond acceptors (Lipinski definition) is 3. The molecule has 0 saturated carbocycles. The number of rotatable bonds is 6. The van der Waals surface area contributed by atoms with E-state index in [9.17, 15) is 19.5 Å². The molecule has 3 amide bonds. The van der Waals surface area contributed by atoms with Crippen molar-refractivity contribution >= 4 is 17.9 Å². The van der Waals surface area contributed by atoms with Crippen LogP contribution in [0.1, 0.15) is 41.5 Å². The van der Waals surface area contributed by atoms with Gasteiger partial charge in [0.2, 0.25) is 5.91 Å². The van der Waals surface area contributed by atoms with E-state index in [4.69, 9.17) is 5.73 Å². The lowest BCUT2D eigenvalue weighted by Crippen LogP contribution is -2.61. The summed E-state index contributed by atoms with van der Waals surface area (Å²) in [6.45, 7) is 9.75. The molecule has 0 rings (SSSR count). The van der Waals surface area contributed by atoms with Crippen LogP contribution in [0.3, 0.4) is 0 Å². The van der Waals surface area contributed by atoms with E-state index in [1.165, 1.54) is 13.8 Å². The zero-order chi connectivity index (χ0) is 16.3. The molecule has 1 atom stereocenters. The second-order valence-electron chi connectivity index (χ2n) is 6.28. The number of amides is 3. The third kappa shape index (κ3) is 4.11. The fourth-order valence-electron chi connectivity index (χ4n) is 1.45. The maximum absolute atomic E-state index is 11.9. The number of nitrogens with two attached hydrogens (primary N) is 1. The molecule has 0 aromatic rings. The van der Waals surface area contributed by atoms with Crippen LogP contribution in [0.15, 0.2) is 0 Å². The molecule has 0 saturated heterocycles. The molecule has 1 unspecified atom stereocenters. The van der Waals surface area contributed by atoms with Crippen molar-refractivity contribution in [2.24, 2.45) is 17.1 Å². The topological polar surface area (TPSA) is 122 Å². The van der Waals surface area contributed by atoms with Crippen LogP contribution >= 0.6 is 0 Å². The molecule has 0 aromatic carbocycles. The van der Waals surface area contributed by atoms with Crippen LogP contribution in [0.4, 0.5) is 4.79 Å². The van der Waals surface area contributed by atoms with Crippen LogP contribution in [0.5, 0.6) is 0 Å². The molecular formula is C13H25N3O4. The SMILES string of the molecule is CC(C)C(NC(=O)NC(C)(C)C(C)(C)C(=O)O)C(N)=O. The second-order valence-corrected chi connectivity index (χ2v) is 6.28. The lowest BCUT2D eigenvalue weighted by Gasteiger charge is -2.39. The number of nitrogens with one attached hydrogen (secondary N) is 2. The van der Waals surface area contributed by atoms with E-state index >= 15 is 0 Å². The van der Waals surface area contributed by atoms with Gasteiger partial charge < -0.3 is 21.5 Å². The van der Waals surface area contributed by atoms with Crippen molar-refractivity contribution in [1.82, 2.24) is 10.6 Å². The quantitative estimate of drug-likeness (QED) is 0.574. The summed E-state index contributed by atoms with van der Waals surface area (Å²) in [5.41, 5.74) is 3.02. The summed E-state index contributed by atoms with van der Waals surface area (Å²) < 4.78 is 0. The van der Waals surface area contributed by atoms with Gasteiger partial charge in [0.15, 0.2) is 0 Å². The smallest absolute Gasteiger partial charge is 0.315 e. The minimum Gasteiger partial charge on any atom is -0.481 e. The van der Waals surface area contributed by atoms with E-state index in [2.05, 4.69) is 10.6 Å². The third-order valence-corrected chi connectivity index (χ3v) is 3.78. The Morgan fingerprint density at radius 1 is 1.10 bits per heavy atom.